The van der Waals surface area contributed by atoms with Crippen molar-refractivity contribution in [2.45, 2.75) is 19.5 Å². The fourth-order valence-corrected chi connectivity index (χ4v) is 2.86. The van der Waals surface area contributed by atoms with Crippen LogP contribution in [0.25, 0.3) is 10.9 Å². The van der Waals surface area contributed by atoms with Crippen LogP contribution in [-0.4, -0.2) is 11.1 Å². The number of rotatable bonds is 0. The maximum absolute atomic E-state index is 6.30. The van der Waals surface area contributed by atoms with Gasteiger partial charge in [-0.2, -0.15) is 0 Å². The third-order valence-electron chi connectivity index (χ3n) is 3.16. The average Bonchev–Trinajstić information content (AvgIpc) is 2.64. The zero-order valence-corrected chi connectivity index (χ0v) is 11.7. The molecule has 2 nitrogen and oxygen atoms in total. The van der Waals surface area contributed by atoms with Crippen LogP contribution >= 0.6 is 35.6 Å². The second kappa shape index (κ2) is 4.69. The molecule has 0 unspecified atom stereocenters. The summed E-state index contributed by atoms with van der Waals surface area (Å²) in [5.41, 5.74) is 2.34. The molecule has 1 aliphatic rings. The fraction of sp³-hybridized carbons (Fsp3) is 0.333. The van der Waals surface area contributed by atoms with E-state index in [0.29, 0.717) is 16.1 Å². The van der Waals surface area contributed by atoms with E-state index >= 15 is 0 Å². The molecular formula is C12H13Cl3N2. The van der Waals surface area contributed by atoms with Gasteiger partial charge in [0.25, 0.3) is 0 Å². The predicted molar refractivity (Wildman–Crippen MR) is 75.6 cm³/mol. The molecule has 1 aromatic carbocycles. The average molecular weight is 292 g/mol. The van der Waals surface area contributed by atoms with Crippen molar-refractivity contribution >= 4 is 46.5 Å². The highest BCUT2D eigenvalue weighted by atomic mass is 35.5. The first-order valence-electron chi connectivity index (χ1n) is 5.37. The molecule has 5 heteroatoms. The summed E-state index contributed by atoms with van der Waals surface area (Å²) in [6.45, 7) is 4.05. The zero-order valence-electron chi connectivity index (χ0n) is 9.34. The highest BCUT2D eigenvalue weighted by molar-refractivity contribution is 6.45. The third kappa shape index (κ3) is 1.93. The molecule has 0 fully saturated rings. The normalized spacial score (nSPS) is 18.9. The number of fused-ring (bicyclic) bond motifs is 3. The van der Waals surface area contributed by atoms with Crippen molar-refractivity contribution in [3.05, 3.63) is 33.9 Å². The summed E-state index contributed by atoms with van der Waals surface area (Å²) in [5.74, 6) is 0. The van der Waals surface area contributed by atoms with Crippen molar-refractivity contribution < 1.29 is 0 Å². The van der Waals surface area contributed by atoms with E-state index in [4.69, 9.17) is 23.2 Å². The lowest BCUT2D eigenvalue weighted by atomic mass is 10.2. The molecule has 2 aromatic rings. The van der Waals surface area contributed by atoms with Crippen molar-refractivity contribution in [3.63, 3.8) is 0 Å². The van der Waals surface area contributed by atoms with Gasteiger partial charge < -0.3 is 9.88 Å². The van der Waals surface area contributed by atoms with E-state index in [9.17, 15) is 0 Å². The quantitative estimate of drug-likeness (QED) is 0.775. The largest absolute Gasteiger partial charge is 0.338 e. The molecule has 0 spiro atoms. The maximum Gasteiger partial charge on any atom is 0.0835 e. The lowest BCUT2D eigenvalue weighted by molar-refractivity contribution is 0.439. The van der Waals surface area contributed by atoms with E-state index in [0.717, 1.165) is 18.6 Å². The molecule has 92 valence electrons. The van der Waals surface area contributed by atoms with Crippen LogP contribution in [0, 0.1) is 0 Å². The van der Waals surface area contributed by atoms with E-state index < -0.39 is 0 Å². The van der Waals surface area contributed by atoms with Crippen LogP contribution in [0.2, 0.25) is 10.0 Å². The number of hydrogen-bond acceptors (Lipinski definition) is 1. The zero-order chi connectivity index (χ0) is 11.3. The summed E-state index contributed by atoms with van der Waals surface area (Å²) in [5, 5.41) is 5.85. The highest BCUT2D eigenvalue weighted by Gasteiger charge is 2.20. The van der Waals surface area contributed by atoms with Gasteiger partial charge in [0.15, 0.2) is 0 Å². The van der Waals surface area contributed by atoms with Gasteiger partial charge in [-0.1, -0.05) is 29.3 Å². The van der Waals surface area contributed by atoms with E-state index in [-0.39, 0.29) is 12.4 Å². The second-order valence-electron chi connectivity index (χ2n) is 4.28. The van der Waals surface area contributed by atoms with Crippen LogP contribution < -0.4 is 5.32 Å². The van der Waals surface area contributed by atoms with Crippen LogP contribution in [0.4, 0.5) is 0 Å². The predicted octanol–water partition coefficient (Wildman–Crippen LogP) is 4.03. The number of halogens is 3. The highest BCUT2D eigenvalue weighted by Crippen LogP contribution is 2.35. The number of aromatic nitrogens is 1. The third-order valence-corrected chi connectivity index (χ3v) is 3.95. The lowest BCUT2D eigenvalue weighted by Gasteiger charge is -2.25. The van der Waals surface area contributed by atoms with E-state index in [1.54, 1.807) is 0 Å². The minimum Gasteiger partial charge on any atom is -0.338 e. The molecule has 0 saturated heterocycles. The summed E-state index contributed by atoms with van der Waals surface area (Å²) in [4.78, 5) is 0. The van der Waals surface area contributed by atoms with Gasteiger partial charge in [0.2, 0.25) is 0 Å². The summed E-state index contributed by atoms with van der Waals surface area (Å²) >= 11 is 12.4. The SMILES string of the molecule is C[C@@H]1CNCc2cc3ccc(Cl)c(Cl)c3n21.Cl. The minimum atomic E-state index is 0. The smallest absolute Gasteiger partial charge is 0.0835 e. The Morgan fingerprint density at radius 2 is 2.12 bits per heavy atom. The molecule has 0 bridgehead atoms. The van der Waals surface area contributed by atoms with Crippen LogP contribution in [0.3, 0.4) is 0 Å². The second-order valence-corrected chi connectivity index (χ2v) is 5.07. The summed E-state index contributed by atoms with van der Waals surface area (Å²) in [6, 6.07) is 6.48. The summed E-state index contributed by atoms with van der Waals surface area (Å²) in [6.07, 6.45) is 0. The van der Waals surface area contributed by atoms with Gasteiger partial charge in [0.1, 0.15) is 0 Å². The first-order chi connectivity index (χ1) is 7.68. The Kier molecular flexibility index (Phi) is 3.60. The first-order valence-corrected chi connectivity index (χ1v) is 6.12. The van der Waals surface area contributed by atoms with E-state index in [2.05, 4.69) is 22.9 Å². The van der Waals surface area contributed by atoms with Crippen molar-refractivity contribution in [2.24, 2.45) is 0 Å². The monoisotopic (exact) mass is 290 g/mol. The molecule has 17 heavy (non-hydrogen) atoms. The Balaban J connectivity index is 0.00000108. The van der Waals surface area contributed by atoms with Gasteiger partial charge in [-0.25, -0.2) is 0 Å². The standard InChI is InChI=1S/C12H12Cl2N2.ClH/c1-7-5-15-6-9-4-8-2-3-10(13)11(14)12(8)16(7)9;/h2-4,7,15H,5-6H2,1H3;1H/t7-;/m1./s1. The van der Waals surface area contributed by atoms with Crippen molar-refractivity contribution in [3.8, 4) is 0 Å². The summed E-state index contributed by atoms with van der Waals surface area (Å²) in [7, 11) is 0. The fourth-order valence-electron chi connectivity index (χ4n) is 2.45. The molecular weight excluding hydrogens is 279 g/mol. The Morgan fingerprint density at radius 1 is 1.35 bits per heavy atom. The lowest BCUT2D eigenvalue weighted by Crippen LogP contribution is -2.30. The minimum absolute atomic E-state index is 0. The molecule has 1 atom stereocenters. The number of nitrogens with zero attached hydrogens (tertiary/aromatic N) is 1. The van der Waals surface area contributed by atoms with Crippen molar-refractivity contribution in [2.75, 3.05) is 6.54 Å². The number of hydrogen-bond donors (Lipinski definition) is 1. The van der Waals surface area contributed by atoms with Crippen LogP contribution in [0.1, 0.15) is 18.7 Å². The molecule has 0 aliphatic carbocycles. The van der Waals surface area contributed by atoms with Crippen molar-refractivity contribution in [1.29, 1.82) is 0 Å². The van der Waals surface area contributed by atoms with E-state index in [1.165, 1.54) is 11.1 Å². The Hall–Kier alpha value is -0.410. The molecule has 0 amide bonds. The molecule has 0 saturated carbocycles. The van der Waals surface area contributed by atoms with Gasteiger partial charge >= 0.3 is 0 Å². The molecule has 1 aliphatic heterocycles. The Labute approximate surface area is 116 Å². The van der Waals surface area contributed by atoms with Gasteiger partial charge in [-0.3, -0.25) is 0 Å². The van der Waals surface area contributed by atoms with Crippen LogP contribution in [0.15, 0.2) is 18.2 Å². The van der Waals surface area contributed by atoms with Gasteiger partial charge in [0, 0.05) is 30.2 Å². The van der Waals surface area contributed by atoms with Gasteiger partial charge in [-0.05, 0) is 19.1 Å². The molecule has 2 heterocycles. The number of benzene rings is 1. The molecule has 1 aromatic heterocycles. The van der Waals surface area contributed by atoms with Gasteiger partial charge in [0.05, 0.1) is 15.6 Å². The molecule has 3 rings (SSSR count). The van der Waals surface area contributed by atoms with Crippen LogP contribution in [0.5, 0.6) is 0 Å². The van der Waals surface area contributed by atoms with E-state index in [1.807, 2.05) is 12.1 Å². The Morgan fingerprint density at radius 3 is 2.88 bits per heavy atom. The Bertz CT molecular complexity index is 562. The van der Waals surface area contributed by atoms with Crippen LogP contribution in [-0.2, 0) is 6.54 Å². The first kappa shape index (κ1) is 13.0. The maximum atomic E-state index is 6.30. The summed E-state index contributed by atoms with van der Waals surface area (Å²) < 4.78 is 2.29. The molecule has 1 N–H and O–H groups in total. The van der Waals surface area contributed by atoms with Crippen molar-refractivity contribution in [1.82, 2.24) is 9.88 Å². The molecule has 0 radical (unpaired) electrons. The van der Waals surface area contributed by atoms with Gasteiger partial charge in [-0.15, -0.1) is 12.4 Å². The number of nitrogens with one attached hydrogen (secondary N) is 1. The topological polar surface area (TPSA) is 17.0 Å².